The van der Waals surface area contributed by atoms with Gasteiger partial charge in [0.25, 0.3) is 0 Å². The first-order chi connectivity index (χ1) is 16.5. The Bertz CT molecular complexity index is 1340. The van der Waals surface area contributed by atoms with Crippen molar-refractivity contribution in [1.29, 1.82) is 0 Å². The third kappa shape index (κ3) is 4.34. The molecule has 1 aliphatic heterocycles. The highest BCUT2D eigenvalue weighted by atomic mass is 16.5. The van der Waals surface area contributed by atoms with Crippen LogP contribution in [0.2, 0.25) is 0 Å². The molecule has 0 amide bonds. The van der Waals surface area contributed by atoms with E-state index in [1.807, 2.05) is 20.0 Å². The van der Waals surface area contributed by atoms with Gasteiger partial charge in [-0.1, -0.05) is 0 Å². The predicted octanol–water partition coefficient (Wildman–Crippen LogP) is 2.75. The van der Waals surface area contributed by atoms with Crippen molar-refractivity contribution in [1.82, 2.24) is 30.0 Å². The topological polar surface area (TPSA) is 116 Å². The van der Waals surface area contributed by atoms with Crippen molar-refractivity contribution in [2.24, 2.45) is 7.05 Å². The highest BCUT2D eigenvalue weighted by molar-refractivity contribution is 6.10. The number of morpholine rings is 1. The molecule has 1 saturated heterocycles. The molecule has 0 radical (unpaired) electrons. The minimum absolute atomic E-state index is 0.205. The number of ether oxygens (including phenoxy) is 3. The average Bonchev–Trinajstić information content (AvgIpc) is 3.40. The summed E-state index contributed by atoms with van der Waals surface area (Å²) in [5.74, 6) is 0.723. The van der Waals surface area contributed by atoms with E-state index in [1.54, 1.807) is 23.0 Å². The van der Waals surface area contributed by atoms with Crippen LogP contribution in [0.3, 0.4) is 0 Å². The number of nitrogens with zero attached hydrogens (tertiary/aromatic N) is 4. The first-order valence-corrected chi connectivity index (χ1v) is 11.4. The predicted molar refractivity (Wildman–Crippen MR) is 127 cm³/mol. The Hall–Kier alpha value is -3.50. The van der Waals surface area contributed by atoms with Gasteiger partial charge in [-0.05, 0) is 38.0 Å². The van der Waals surface area contributed by atoms with Crippen molar-refractivity contribution >= 4 is 27.9 Å². The maximum atomic E-state index is 12.3. The number of aromatic amines is 1. The lowest BCUT2D eigenvalue weighted by molar-refractivity contribution is 0.0204. The first kappa shape index (κ1) is 22.3. The lowest BCUT2D eigenvalue weighted by atomic mass is 10.1. The van der Waals surface area contributed by atoms with Gasteiger partial charge in [0.05, 0.1) is 43.2 Å². The number of hydrogen-bond donors (Lipinski definition) is 2. The van der Waals surface area contributed by atoms with E-state index in [2.05, 4.69) is 20.4 Å². The number of rotatable bonds is 7. The zero-order valence-electron chi connectivity index (χ0n) is 19.6. The maximum Gasteiger partial charge on any atom is 0.338 e. The lowest BCUT2D eigenvalue weighted by Crippen LogP contribution is -2.38. The summed E-state index contributed by atoms with van der Waals surface area (Å²) in [5.41, 5.74) is 3.56. The van der Waals surface area contributed by atoms with Crippen LogP contribution in [0.5, 0.6) is 5.75 Å². The van der Waals surface area contributed by atoms with Crippen LogP contribution in [0, 0.1) is 6.92 Å². The number of benzene rings is 1. The van der Waals surface area contributed by atoms with E-state index in [4.69, 9.17) is 19.2 Å². The molecule has 4 heterocycles. The number of aryl methyl sites for hydroxylation is 2. The maximum absolute atomic E-state index is 12.3. The molecule has 178 valence electrons. The fourth-order valence-corrected chi connectivity index (χ4v) is 4.34. The molecule has 1 aliphatic rings. The Morgan fingerprint density at radius 2 is 2.18 bits per heavy atom. The van der Waals surface area contributed by atoms with E-state index in [0.717, 1.165) is 60.2 Å². The Morgan fingerprint density at radius 3 is 2.91 bits per heavy atom. The summed E-state index contributed by atoms with van der Waals surface area (Å²) in [4.78, 5) is 25.0. The van der Waals surface area contributed by atoms with Gasteiger partial charge in [0.2, 0.25) is 0 Å². The molecule has 0 saturated carbocycles. The molecule has 0 aliphatic carbocycles. The minimum atomic E-state index is -0.425. The first-order valence-electron chi connectivity index (χ1n) is 11.4. The molecule has 10 nitrogen and oxygen atoms in total. The van der Waals surface area contributed by atoms with E-state index < -0.39 is 5.97 Å². The van der Waals surface area contributed by atoms with Crippen LogP contribution in [0.4, 0.5) is 0 Å². The van der Waals surface area contributed by atoms with Crippen LogP contribution in [-0.4, -0.2) is 70.2 Å². The monoisotopic (exact) mass is 464 g/mol. The summed E-state index contributed by atoms with van der Waals surface area (Å²) in [6, 6.07) is 5.44. The zero-order valence-corrected chi connectivity index (χ0v) is 19.6. The molecular weight excluding hydrogens is 436 g/mol. The highest BCUT2D eigenvalue weighted by Crippen LogP contribution is 2.33. The Kier molecular flexibility index (Phi) is 6.16. The van der Waals surface area contributed by atoms with Crippen LogP contribution in [0.15, 0.2) is 24.4 Å². The number of H-pyrrole nitrogens is 1. The second kappa shape index (κ2) is 9.40. The molecule has 3 aromatic heterocycles. The summed E-state index contributed by atoms with van der Waals surface area (Å²) in [5, 5.41) is 9.33. The van der Waals surface area contributed by atoms with Crippen LogP contribution < -0.4 is 10.1 Å². The Balaban J connectivity index is 1.47. The number of methoxy groups -OCH3 is 1. The van der Waals surface area contributed by atoms with Crippen molar-refractivity contribution in [2.75, 3.05) is 33.4 Å². The van der Waals surface area contributed by atoms with E-state index in [-0.39, 0.29) is 6.10 Å². The summed E-state index contributed by atoms with van der Waals surface area (Å²) in [6.07, 6.45) is 3.70. The third-order valence-electron chi connectivity index (χ3n) is 6.01. The van der Waals surface area contributed by atoms with Crippen molar-refractivity contribution in [2.45, 2.75) is 25.9 Å². The molecule has 1 aromatic carbocycles. The molecule has 0 bridgehead atoms. The van der Waals surface area contributed by atoms with E-state index in [9.17, 15) is 4.79 Å². The second-order valence-electron chi connectivity index (χ2n) is 8.45. The van der Waals surface area contributed by atoms with Gasteiger partial charge in [-0.3, -0.25) is 4.68 Å². The molecule has 34 heavy (non-hydrogen) atoms. The van der Waals surface area contributed by atoms with Crippen molar-refractivity contribution in [3.63, 3.8) is 0 Å². The van der Waals surface area contributed by atoms with Gasteiger partial charge >= 0.3 is 5.97 Å². The summed E-state index contributed by atoms with van der Waals surface area (Å²) < 4.78 is 18.6. The SMILES string of the molecule is COC(=O)c1cc(OCCCC2CNCCO2)c2[nH]c3nc(-c4cc(C)nn4C)ncc3c2c1. The number of carbonyl (C=O) groups excluding carboxylic acids is 1. The Morgan fingerprint density at radius 1 is 1.29 bits per heavy atom. The van der Waals surface area contributed by atoms with Crippen LogP contribution in [0.1, 0.15) is 28.9 Å². The zero-order chi connectivity index (χ0) is 23.7. The largest absolute Gasteiger partial charge is 0.491 e. The summed E-state index contributed by atoms with van der Waals surface area (Å²) >= 11 is 0. The van der Waals surface area contributed by atoms with E-state index in [1.165, 1.54) is 7.11 Å². The van der Waals surface area contributed by atoms with Crippen molar-refractivity contribution in [3.05, 3.63) is 35.7 Å². The standard InChI is InChI=1S/C24H28N6O4/c1-14-9-19(30(2)29-14)23-26-13-18-17-10-15(24(31)32-3)11-20(21(17)27-22(18)28-23)34-7-4-5-16-12-25-6-8-33-16/h9-11,13,16,25H,4-8,12H2,1-3H3,(H,26,27,28). The number of esters is 1. The Labute approximate surface area is 196 Å². The van der Waals surface area contributed by atoms with E-state index >= 15 is 0 Å². The molecule has 4 aromatic rings. The van der Waals surface area contributed by atoms with Gasteiger partial charge in [0.15, 0.2) is 5.82 Å². The summed E-state index contributed by atoms with van der Waals surface area (Å²) in [7, 11) is 3.23. The minimum Gasteiger partial charge on any atom is -0.491 e. The molecule has 10 heteroatoms. The molecule has 0 spiro atoms. The number of aromatic nitrogens is 5. The van der Waals surface area contributed by atoms with Crippen LogP contribution in [0.25, 0.3) is 33.5 Å². The summed E-state index contributed by atoms with van der Waals surface area (Å²) in [6.45, 7) is 4.93. The van der Waals surface area contributed by atoms with E-state index in [0.29, 0.717) is 29.4 Å². The van der Waals surface area contributed by atoms with Crippen molar-refractivity contribution in [3.8, 4) is 17.3 Å². The van der Waals surface area contributed by atoms with Crippen LogP contribution in [-0.2, 0) is 16.5 Å². The van der Waals surface area contributed by atoms with Gasteiger partial charge < -0.3 is 24.5 Å². The van der Waals surface area contributed by atoms with Crippen LogP contribution >= 0.6 is 0 Å². The highest BCUT2D eigenvalue weighted by Gasteiger charge is 2.18. The number of carbonyl (C=O) groups is 1. The second-order valence-corrected chi connectivity index (χ2v) is 8.45. The quantitative estimate of drug-likeness (QED) is 0.317. The fraction of sp³-hybridized carbons (Fsp3) is 0.417. The van der Waals surface area contributed by atoms with Gasteiger partial charge in [-0.15, -0.1) is 0 Å². The molecule has 2 N–H and O–H groups in total. The van der Waals surface area contributed by atoms with Gasteiger partial charge in [0, 0.05) is 37.1 Å². The van der Waals surface area contributed by atoms with Gasteiger partial charge in [-0.2, -0.15) is 5.10 Å². The molecule has 1 fully saturated rings. The number of hydrogen-bond acceptors (Lipinski definition) is 8. The van der Waals surface area contributed by atoms with Gasteiger partial charge in [-0.25, -0.2) is 14.8 Å². The lowest BCUT2D eigenvalue weighted by Gasteiger charge is -2.23. The molecule has 1 atom stereocenters. The molecule has 5 rings (SSSR count). The third-order valence-corrected chi connectivity index (χ3v) is 6.01. The number of nitrogens with one attached hydrogen (secondary N) is 2. The normalized spacial score (nSPS) is 16.3. The molecular formula is C24H28N6O4. The average molecular weight is 465 g/mol. The fourth-order valence-electron chi connectivity index (χ4n) is 4.34. The van der Waals surface area contributed by atoms with Crippen molar-refractivity contribution < 1.29 is 19.0 Å². The number of fused-ring (bicyclic) bond motifs is 3. The smallest absolute Gasteiger partial charge is 0.338 e. The van der Waals surface area contributed by atoms with Gasteiger partial charge in [0.1, 0.15) is 17.1 Å². The molecule has 1 unspecified atom stereocenters.